The molecule has 1 aromatic carbocycles. The maximum atomic E-state index is 6.56. The number of benzene rings is 1. The van der Waals surface area contributed by atoms with Gasteiger partial charge in [0.1, 0.15) is 5.75 Å². The van der Waals surface area contributed by atoms with Crippen LogP contribution < -0.4 is 10.5 Å². The Morgan fingerprint density at radius 2 is 1.89 bits per heavy atom. The summed E-state index contributed by atoms with van der Waals surface area (Å²) in [5.41, 5.74) is 8.52. The molecule has 0 unspecified atom stereocenters. The Morgan fingerprint density at radius 3 is 2.39 bits per heavy atom. The zero-order valence-electron chi connectivity index (χ0n) is 11.4. The monoisotopic (exact) mass is 267 g/mol. The second-order valence-corrected chi connectivity index (χ2v) is 6.03. The van der Waals surface area contributed by atoms with Gasteiger partial charge in [0.2, 0.25) is 0 Å². The maximum Gasteiger partial charge on any atom is 0.127 e. The van der Waals surface area contributed by atoms with Gasteiger partial charge in [0.05, 0.1) is 7.11 Å². The Kier molecular flexibility index (Phi) is 3.88. The molecule has 18 heavy (non-hydrogen) atoms. The highest BCUT2D eigenvalue weighted by Crippen LogP contribution is 2.44. The molecule has 0 radical (unpaired) electrons. The minimum atomic E-state index is -0.264. The van der Waals surface area contributed by atoms with Crippen LogP contribution in [0.25, 0.3) is 0 Å². The van der Waals surface area contributed by atoms with Crippen LogP contribution in [0.4, 0.5) is 0 Å². The number of ether oxygens (including phenoxy) is 1. The molecule has 0 aliphatic heterocycles. The molecule has 0 amide bonds. The van der Waals surface area contributed by atoms with Crippen molar-refractivity contribution in [1.29, 1.82) is 0 Å². The van der Waals surface area contributed by atoms with Crippen molar-refractivity contribution in [2.45, 2.75) is 51.0 Å². The number of rotatable bonds is 3. The number of halogens is 1. The average molecular weight is 268 g/mol. The SMILES string of the molecule is COc1c(C(C)C)cc(Cl)cc1C1(N)CCCC1. The summed E-state index contributed by atoms with van der Waals surface area (Å²) >= 11 is 6.25. The summed E-state index contributed by atoms with van der Waals surface area (Å²) < 4.78 is 5.63. The van der Waals surface area contributed by atoms with Crippen LogP contribution in [0.15, 0.2) is 12.1 Å². The van der Waals surface area contributed by atoms with Crippen LogP contribution in [-0.4, -0.2) is 7.11 Å². The summed E-state index contributed by atoms with van der Waals surface area (Å²) in [7, 11) is 1.72. The average Bonchev–Trinajstić information content (AvgIpc) is 2.76. The quantitative estimate of drug-likeness (QED) is 0.891. The highest BCUT2D eigenvalue weighted by molar-refractivity contribution is 6.30. The first-order valence-electron chi connectivity index (χ1n) is 6.65. The number of nitrogens with two attached hydrogens (primary N) is 1. The molecule has 2 N–H and O–H groups in total. The molecule has 0 spiro atoms. The lowest BCUT2D eigenvalue weighted by Gasteiger charge is -2.28. The van der Waals surface area contributed by atoms with E-state index in [9.17, 15) is 0 Å². The molecule has 1 aliphatic carbocycles. The molecule has 0 bridgehead atoms. The molecule has 100 valence electrons. The largest absolute Gasteiger partial charge is 0.496 e. The Balaban J connectivity index is 2.58. The molecule has 1 aromatic rings. The zero-order valence-corrected chi connectivity index (χ0v) is 12.2. The fourth-order valence-electron chi connectivity index (χ4n) is 2.92. The van der Waals surface area contributed by atoms with E-state index in [4.69, 9.17) is 22.1 Å². The van der Waals surface area contributed by atoms with Gasteiger partial charge < -0.3 is 10.5 Å². The smallest absolute Gasteiger partial charge is 0.127 e. The first kappa shape index (κ1) is 13.7. The minimum absolute atomic E-state index is 0.264. The van der Waals surface area contributed by atoms with Crippen molar-refractivity contribution in [3.05, 3.63) is 28.3 Å². The third-order valence-electron chi connectivity index (χ3n) is 3.94. The van der Waals surface area contributed by atoms with E-state index < -0.39 is 0 Å². The van der Waals surface area contributed by atoms with E-state index in [-0.39, 0.29) is 5.54 Å². The minimum Gasteiger partial charge on any atom is -0.496 e. The summed E-state index contributed by atoms with van der Waals surface area (Å²) in [6.07, 6.45) is 4.40. The number of hydrogen-bond donors (Lipinski definition) is 1. The van der Waals surface area contributed by atoms with Gasteiger partial charge >= 0.3 is 0 Å². The van der Waals surface area contributed by atoms with Crippen LogP contribution in [-0.2, 0) is 5.54 Å². The molecular formula is C15H22ClNO. The summed E-state index contributed by atoms with van der Waals surface area (Å²) in [5.74, 6) is 1.31. The van der Waals surface area contributed by atoms with E-state index >= 15 is 0 Å². The van der Waals surface area contributed by atoms with Crippen LogP contribution in [0.3, 0.4) is 0 Å². The highest BCUT2D eigenvalue weighted by atomic mass is 35.5. The molecule has 1 fully saturated rings. The molecule has 0 saturated heterocycles. The van der Waals surface area contributed by atoms with E-state index in [1.165, 1.54) is 12.8 Å². The lowest BCUT2D eigenvalue weighted by atomic mass is 9.85. The van der Waals surface area contributed by atoms with E-state index in [1.807, 2.05) is 12.1 Å². The molecule has 1 aliphatic rings. The van der Waals surface area contributed by atoms with Crippen LogP contribution in [0.1, 0.15) is 56.6 Å². The Bertz CT molecular complexity index is 436. The fraction of sp³-hybridized carbons (Fsp3) is 0.600. The van der Waals surface area contributed by atoms with Gasteiger partial charge in [0, 0.05) is 16.1 Å². The van der Waals surface area contributed by atoms with E-state index in [2.05, 4.69) is 13.8 Å². The topological polar surface area (TPSA) is 35.2 Å². The summed E-state index contributed by atoms with van der Waals surface area (Å²) in [6, 6.07) is 3.98. The van der Waals surface area contributed by atoms with Gasteiger partial charge in [-0.25, -0.2) is 0 Å². The van der Waals surface area contributed by atoms with Crippen molar-refractivity contribution in [2.24, 2.45) is 5.73 Å². The normalized spacial score (nSPS) is 18.3. The van der Waals surface area contributed by atoms with Gasteiger partial charge in [-0.1, -0.05) is 38.3 Å². The standard InChI is InChI=1S/C15H22ClNO/c1-10(2)12-8-11(16)9-13(14(12)18-3)15(17)6-4-5-7-15/h8-10H,4-7,17H2,1-3H3. The second-order valence-electron chi connectivity index (χ2n) is 5.59. The zero-order chi connectivity index (χ0) is 13.3. The molecule has 0 heterocycles. The second kappa shape index (κ2) is 5.10. The van der Waals surface area contributed by atoms with Crippen LogP contribution in [0.2, 0.25) is 5.02 Å². The van der Waals surface area contributed by atoms with Crippen molar-refractivity contribution in [3.63, 3.8) is 0 Å². The van der Waals surface area contributed by atoms with Gasteiger partial charge in [-0.15, -0.1) is 0 Å². The van der Waals surface area contributed by atoms with Gasteiger partial charge in [-0.05, 0) is 36.5 Å². The first-order valence-corrected chi connectivity index (χ1v) is 7.02. The van der Waals surface area contributed by atoms with Gasteiger partial charge in [-0.2, -0.15) is 0 Å². The maximum absolute atomic E-state index is 6.56. The molecule has 0 atom stereocenters. The van der Waals surface area contributed by atoms with Crippen molar-refractivity contribution >= 4 is 11.6 Å². The molecule has 2 nitrogen and oxygen atoms in total. The number of hydrogen-bond acceptors (Lipinski definition) is 2. The highest BCUT2D eigenvalue weighted by Gasteiger charge is 2.35. The number of methoxy groups -OCH3 is 1. The molecule has 2 rings (SSSR count). The van der Waals surface area contributed by atoms with Gasteiger partial charge in [0.15, 0.2) is 0 Å². The van der Waals surface area contributed by atoms with E-state index in [0.29, 0.717) is 5.92 Å². The predicted molar refractivity (Wildman–Crippen MR) is 76.4 cm³/mol. The lowest BCUT2D eigenvalue weighted by molar-refractivity contribution is 0.373. The lowest BCUT2D eigenvalue weighted by Crippen LogP contribution is -2.33. The molecule has 3 heteroatoms. The van der Waals surface area contributed by atoms with Crippen LogP contribution in [0.5, 0.6) is 5.75 Å². The van der Waals surface area contributed by atoms with Crippen molar-refractivity contribution in [1.82, 2.24) is 0 Å². The predicted octanol–water partition coefficient (Wildman–Crippen LogP) is 4.20. The summed E-state index contributed by atoms with van der Waals surface area (Å²) in [6.45, 7) is 4.30. The van der Waals surface area contributed by atoms with Crippen molar-refractivity contribution in [3.8, 4) is 5.75 Å². The van der Waals surface area contributed by atoms with Crippen LogP contribution >= 0.6 is 11.6 Å². The van der Waals surface area contributed by atoms with Gasteiger partial charge in [-0.3, -0.25) is 0 Å². The summed E-state index contributed by atoms with van der Waals surface area (Å²) in [5, 5.41) is 0.756. The third-order valence-corrected chi connectivity index (χ3v) is 4.16. The van der Waals surface area contributed by atoms with Crippen molar-refractivity contribution in [2.75, 3.05) is 7.11 Å². The summed E-state index contributed by atoms with van der Waals surface area (Å²) in [4.78, 5) is 0. The van der Waals surface area contributed by atoms with Crippen molar-refractivity contribution < 1.29 is 4.74 Å². The van der Waals surface area contributed by atoms with Crippen LogP contribution in [0, 0.1) is 0 Å². The Morgan fingerprint density at radius 1 is 1.28 bits per heavy atom. The van der Waals surface area contributed by atoms with Gasteiger partial charge in [0.25, 0.3) is 0 Å². The third kappa shape index (κ3) is 2.36. The Labute approximate surface area is 114 Å². The molecular weight excluding hydrogens is 246 g/mol. The molecule has 0 aromatic heterocycles. The molecule has 1 saturated carbocycles. The Hall–Kier alpha value is -0.730. The van der Waals surface area contributed by atoms with E-state index in [0.717, 1.165) is 34.7 Å². The first-order chi connectivity index (χ1) is 8.48. The fourth-order valence-corrected chi connectivity index (χ4v) is 3.14. The van der Waals surface area contributed by atoms with E-state index in [1.54, 1.807) is 7.11 Å².